The van der Waals surface area contributed by atoms with Gasteiger partial charge < -0.3 is 9.84 Å². The van der Waals surface area contributed by atoms with Gasteiger partial charge in [-0.15, -0.1) is 11.3 Å². The van der Waals surface area contributed by atoms with Crippen molar-refractivity contribution in [1.82, 2.24) is 4.98 Å². The number of benzene rings is 1. The van der Waals surface area contributed by atoms with Crippen LogP contribution in [-0.2, 0) is 11.2 Å². The molecule has 0 spiro atoms. The first-order chi connectivity index (χ1) is 8.44. The topological polar surface area (TPSA) is 59.4 Å². The van der Waals surface area contributed by atoms with Gasteiger partial charge in [-0.2, -0.15) is 0 Å². The van der Waals surface area contributed by atoms with Gasteiger partial charge in [0.15, 0.2) is 5.60 Å². The largest absolute Gasteiger partial charge is 0.478 e. The van der Waals surface area contributed by atoms with Crippen LogP contribution in [-0.4, -0.2) is 21.7 Å². The summed E-state index contributed by atoms with van der Waals surface area (Å²) < 4.78 is 6.60. The van der Waals surface area contributed by atoms with Gasteiger partial charge in [-0.1, -0.05) is 13.0 Å². The number of fused-ring (bicyclic) bond motifs is 1. The molecule has 0 radical (unpaired) electrons. The summed E-state index contributed by atoms with van der Waals surface area (Å²) in [5.41, 5.74) is -0.516. The molecule has 2 rings (SSSR count). The van der Waals surface area contributed by atoms with Gasteiger partial charge in [-0.25, -0.2) is 9.78 Å². The average Bonchev–Trinajstić information content (AvgIpc) is 2.72. The molecule has 18 heavy (non-hydrogen) atoms. The minimum absolute atomic E-state index is 0.524. The summed E-state index contributed by atoms with van der Waals surface area (Å²) in [6, 6.07) is 5.58. The number of ether oxygens (including phenoxy) is 1. The lowest BCUT2D eigenvalue weighted by Crippen LogP contribution is -2.37. The average molecular weight is 265 g/mol. The molecule has 0 aliphatic carbocycles. The van der Waals surface area contributed by atoms with Crippen molar-refractivity contribution in [1.29, 1.82) is 0 Å². The highest BCUT2D eigenvalue weighted by molar-refractivity contribution is 7.18. The van der Waals surface area contributed by atoms with Crippen molar-refractivity contribution in [2.75, 3.05) is 0 Å². The molecule has 0 saturated heterocycles. The maximum Gasteiger partial charge on any atom is 0.347 e. The summed E-state index contributed by atoms with van der Waals surface area (Å²) >= 11 is 1.61. The molecule has 1 aromatic heterocycles. The zero-order chi connectivity index (χ0) is 13.3. The molecule has 2 aromatic rings. The van der Waals surface area contributed by atoms with Gasteiger partial charge in [0.25, 0.3) is 0 Å². The Balaban J connectivity index is 2.45. The number of aliphatic carboxylic acids is 1. The van der Waals surface area contributed by atoms with Gasteiger partial charge >= 0.3 is 5.97 Å². The van der Waals surface area contributed by atoms with E-state index in [1.54, 1.807) is 17.4 Å². The van der Waals surface area contributed by atoms with E-state index in [9.17, 15) is 4.79 Å². The van der Waals surface area contributed by atoms with Crippen LogP contribution in [0.1, 0.15) is 25.8 Å². The van der Waals surface area contributed by atoms with Gasteiger partial charge in [-0.05, 0) is 32.4 Å². The van der Waals surface area contributed by atoms with Crippen molar-refractivity contribution >= 4 is 27.5 Å². The van der Waals surface area contributed by atoms with Crippen LogP contribution in [0.2, 0.25) is 0 Å². The van der Waals surface area contributed by atoms with Crippen molar-refractivity contribution in [2.24, 2.45) is 0 Å². The van der Waals surface area contributed by atoms with Gasteiger partial charge in [0.2, 0.25) is 0 Å². The molecule has 1 N–H and O–H groups in total. The Kier molecular flexibility index (Phi) is 3.26. The third-order valence-corrected chi connectivity index (χ3v) is 3.77. The number of rotatable bonds is 4. The summed E-state index contributed by atoms with van der Waals surface area (Å²) in [5.74, 6) is -0.471. The summed E-state index contributed by atoms with van der Waals surface area (Å²) in [6.07, 6.45) is 0.862. The fraction of sp³-hybridized carbons (Fsp3) is 0.385. The molecule has 0 unspecified atom stereocenters. The molecule has 0 aliphatic rings. The predicted octanol–water partition coefficient (Wildman–Crippen LogP) is 3.10. The number of carboxylic acid groups (broad SMARTS) is 1. The molecule has 0 amide bonds. The van der Waals surface area contributed by atoms with E-state index in [4.69, 9.17) is 9.84 Å². The number of carbonyl (C=O) groups is 1. The summed E-state index contributed by atoms with van der Waals surface area (Å²) in [4.78, 5) is 15.6. The Morgan fingerprint density at radius 3 is 2.83 bits per heavy atom. The first kappa shape index (κ1) is 12.8. The van der Waals surface area contributed by atoms with E-state index in [0.29, 0.717) is 5.75 Å². The van der Waals surface area contributed by atoms with Crippen LogP contribution >= 0.6 is 11.3 Å². The van der Waals surface area contributed by atoms with E-state index in [0.717, 1.165) is 21.6 Å². The normalized spacial score (nSPS) is 11.7. The van der Waals surface area contributed by atoms with Crippen molar-refractivity contribution in [3.63, 3.8) is 0 Å². The van der Waals surface area contributed by atoms with Crippen molar-refractivity contribution in [3.8, 4) is 5.75 Å². The monoisotopic (exact) mass is 265 g/mol. The second-order valence-corrected chi connectivity index (χ2v) is 5.60. The van der Waals surface area contributed by atoms with Crippen molar-refractivity contribution in [2.45, 2.75) is 32.8 Å². The van der Waals surface area contributed by atoms with E-state index in [1.807, 2.05) is 19.1 Å². The lowest BCUT2D eigenvalue weighted by Gasteiger charge is -2.21. The molecule has 0 bridgehead atoms. The van der Waals surface area contributed by atoms with Crippen LogP contribution in [0.25, 0.3) is 10.2 Å². The van der Waals surface area contributed by atoms with Gasteiger partial charge in [0, 0.05) is 0 Å². The zero-order valence-electron chi connectivity index (χ0n) is 10.6. The fourth-order valence-electron chi connectivity index (χ4n) is 1.52. The van der Waals surface area contributed by atoms with Gasteiger partial charge in [0.05, 0.1) is 9.71 Å². The number of thiazole rings is 1. The molecule has 5 heteroatoms. The summed E-state index contributed by atoms with van der Waals surface area (Å²) in [6.45, 7) is 5.10. The molecule has 0 saturated carbocycles. The third-order valence-electron chi connectivity index (χ3n) is 2.61. The van der Waals surface area contributed by atoms with Crippen LogP contribution in [0.3, 0.4) is 0 Å². The Morgan fingerprint density at radius 1 is 1.50 bits per heavy atom. The van der Waals surface area contributed by atoms with Crippen LogP contribution in [0.15, 0.2) is 18.2 Å². The van der Waals surface area contributed by atoms with Crippen LogP contribution in [0.5, 0.6) is 5.75 Å². The summed E-state index contributed by atoms with van der Waals surface area (Å²) in [7, 11) is 0. The Hall–Kier alpha value is -1.62. The number of carboxylic acids is 1. The van der Waals surface area contributed by atoms with E-state index in [-0.39, 0.29) is 0 Å². The fourth-order valence-corrected chi connectivity index (χ4v) is 2.45. The van der Waals surface area contributed by atoms with E-state index >= 15 is 0 Å². The minimum Gasteiger partial charge on any atom is -0.478 e. The molecular weight excluding hydrogens is 250 g/mol. The maximum absolute atomic E-state index is 11.1. The van der Waals surface area contributed by atoms with Crippen LogP contribution < -0.4 is 4.74 Å². The number of hydrogen-bond acceptors (Lipinski definition) is 4. The highest BCUT2D eigenvalue weighted by Crippen LogP contribution is 2.32. The number of aryl methyl sites for hydroxylation is 1. The second kappa shape index (κ2) is 4.57. The predicted molar refractivity (Wildman–Crippen MR) is 71.3 cm³/mol. The molecule has 0 atom stereocenters. The Morgan fingerprint density at radius 2 is 2.22 bits per heavy atom. The molecule has 96 valence electrons. The minimum atomic E-state index is -1.26. The molecule has 4 nitrogen and oxygen atoms in total. The molecule has 1 aromatic carbocycles. The highest BCUT2D eigenvalue weighted by atomic mass is 32.1. The number of hydrogen-bond donors (Lipinski definition) is 1. The first-order valence-corrected chi connectivity index (χ1v) is 6.56. The lowest BCUT2D eigenvalue weighted by atomic mass is 10.1. The second-order valence-electron chi connectivity index (χ2n) is 4.48. The molecule has 1 heterocycles. The van der Waals surface area contributed by atoms with E-state index in [1.165, 1.54) is 13.8 Å². The number of para-hydroxylation sites is 1. The van der Waals surface area contributed by atoms with E-state index < -0.39 is 11.6 Å². The van der Waals surface area contributed by atoms with E-state index in [2.05, 4.69) is 4.98 Å². The van der Waals surface area contributed by atoms with Crippen molar-refractivity contribution in [3.05, 3.63) is 23.2 Å². The lowest BCUT2D eigenvalue weighted by molar-refractivity contribution is -0.152. The number of aromatic nitrogens is 1. The first-order valence-electron chi connectivity index (χ1n) is 5.75. The Bertz CT molecular complexity index is 589. The quantitative estimate of drug-likeness (QED) is 0.922. The van der Waals surface area contributed by atoms with Gasteiger partial charge in [0.1, 0.15) is 11.3 Å². The molecule has 0 aliphatic heterocycles. The maximum atomic E-state index is 11.1. The standard InChI is InChI=1S/C13H15NO3S/c1-4-10-14-11-8(6-5-7-9(11)18-10)17-13(2,3)12(15)16/h5-7H,4H2,1-3H3,(H,15,16). The van der Waals surface area contributed by atoms with Gasteiger partial charge in [-0.3, -0.25) is 0 Å². The van der Waals surface area contributed by atoms with Crippen LogP contribution in [0.4, 0.5) is 0 Å². The highest BCUT2D eigenvalue weighted by Gasteiger charge is 2.30. The smallest absolute Gasteiger partial charge is 0.347 e. The zero-order valence-corrected chi connectivity index (χ0v) is 11.4. The molecular formula is C13H15NO3S. The molecule has 0 fully saturated rings. The van der Waals surface area contributed by atoms with Crippen molar-refractivity contribution < 1.29 is 14.6 Å². The number of nitrogens with zero attached hydrogens (tertiary/aromatic N) is 1. The SMILES string of the molecule is CCc1nc2c(OC(C)(C)C(=O)O)cccc2s1. The third kappa shape index (κ3) is 2.31. The van der Waals surface area contributed by atoms with Crippen LogP contribution in [0, 0.1) is 0 Å². The summed E-state index contributed by atoms with van der Waals surface area (Å²) in [5, 5.41) is 10.1. The Labute approximate surface area is 109 Å².